The molecule has 2 N–H and O–H groups in total. The minimum Gasteiger partial charge on any atom is -0.376 e. The summed E-state index contributed by atoms with van der Waals surface area (Å²) in [7, 11) is 1.64. The summed E-state index contributed by atoms with van der Waals surface area (Å²) in [6.45, 7) is 1.57. The first kappa shape index (κ1) is 12.9. The summed E-state index contributed by atoms with van der Waals surface area (Å²) >= 11 is 0. The maximum Gasteiger partial charge on any atom is 0.245 e. The third-order valence-electron chi connectivity index (χ3n) is 4.36. The van der Waals surface area contributed by atoms with Crippen LogP contribution in [-0.4, -0.2) is 61.1 Å². The SMILES string of the molecule is CNC(=O)C1(N2CCCC2C(=O)NC2CC2)COC1. The number of nitrogens with zero attached hydrogens (tertiary/aromatic N) is 1. The summed E-state index contributed by atoms with van der Waals surface area (Å²) in [6.07, 6.45) is 3.96. The van der Waals surface area contributed by atoms with Crippen LogP contribution in [0.15, 0.2) is 0 Å². The standard InChI is InChI=1S/C13H21N3O3/c1-14-12(18)13(7-19-8-13)16-6-2-3-10(16)11(17)15-9-4-5-9/h9-10H,2-8H2,1H3,(H,14,18)(H,15,17). The molecule has 0 aromatic heterocycles. The van der Waals surface area contributed by atoms with Crippen molar-refractivity contribution in [1.29, 1.82) is 0 Å². The van der Waals surface area contributed by atoms with Crippen molar-refractivity contribution < 1.29 is 14.3 Å². The summed E-state index contributed by atoms with van der Waals surface area (Å²) in [4.78, 5) is 26.5. The van der Waals surface area contributed by atoms with Crippen LogP contribution >= 0.6 is 0 Å². The Morgan fingerprint density at radius 2 is 2.00 bits per heavy atom. The molecule has 2 saturated heterocycles. The van der Waals surface area contributed by atoms with E-state index in [0.29, 0.717) is 19.3 Å². The lowest BCUT2D eigenvalue weighted by Crippen LogP contribution is -2.71. The van der Waals surface area contributed by atoms with Crippen molar-refractivity contribution in [2.75, 3.05) is 26.8 Å². The Morgan fingerprint density at radius 1 is 1.26 bits per heavy atom. The van der Waals surface area contributed by atoms with E-state index in [0.717, 1.165) is 32.2 Å². The molecule has 106 valence electrons. The third kappa shape index (κ3) is 2.12. The monoisotopic (exact) mass is 267 g/mol. The summed E-state index contributed by atoms with van der Waals surface area (Å²) in [5, 5.41) is 5.75. The first-order valence-corrected chi connectivity index (χ1v) is 7.04. The van der Waals surface area contributed by atoms with Crippen molar-refractivity contribution in [2.24, 2.45) is 0 Å². The van der Waals surface area contributed by atoms with E-state index in [2.05, 4.69) is 10.6 Å². The molecular formula is C13H21N3O3. The minimum atomic E-state index is -0.628. The number of hydrogen-bond acceptors (Lipinski definition) is 4. The van der Waals surface area contributed by atoms with Gasteiger partial charge < -0.3 is 15.4 Å². The van der Waals surface area contributed by atoms with Crippen LogP contribution in [-0.2, 0) is 14.3 Å². The Labute approximate surface area is 112 Å². The molecule has 0 aromatic rings. The Morgan fingerprint density at radius 3 is 2.53 bits per heavy atom. The van der Waals surface area contributed by atoms with Gasteiger partial charge in [-0.15, -0.1) is 0 Å². The smallest absolute Gasteiger partial charge is 0.245 e. The number of carbonyl (C=O) groups excluding carboxylic acids is 2. The number of amides is 2. The van der Waals surface area contributed by atoms with Crippen LogP contribution in [0, 0.1) is 0 Å². The average molecular weight is 267 g/mol. The summed E-state index contributed by atoms with van der Waals surface area (Å²) in [5.74, 6) is 0.0417. The number of carbonyl (C=O) groups is 2. The quantitative estimate of drug-likeness (QED) is 0.703. The molecule has 0 aromatic carbocycles. The second kappa shape index (κ2) is 4.76. The Bertz CT molecular complexity index is 391. The van der Waals surface area contributed by atoms with Crippen LogP contribution in [0.2, 0.25) is 0 Å². The van der Waals surface area contributed by atoms with E-state index >= 15 is 0 Å². The van der Waals surface area contributed by atoms with Crippen molar-refractivity contribution in [2.45, 2.75) is 43.3 Å². The topological polar surface area (TPSA) is 70.7 Å². The van der Waals surface area contributed by atoms with Crippen LogP contribution in [0.1, 0.15) is 25.7 Å². The van der Waals surface area contributed by atoms with Crippen molar-refractivity contribution in [1.82, 2.24) is 15.5 Å². The molecule has 0 radical (unpaired) electrons. The maximum absolute atomic E-state index is 12.3. The molecule has 19 heavy (non-hydrogen) atoms. The van der Waals surface area contributed by atoms with E-state index in [-0.39, 0.29) is 17.9 Å². The molecule has 1 unspecified atom stereocenters. The van der Waals surface area contributed by atoms with Gasteiger partial charge >= 0.3 is 0 Å². The molecule has 0 bridgehead atoms. The fourth-order valence-corrected chi connectivity index (χ4v) is 3.03. The molecule has 1 atom stereocenters. The van der Waals surface area contributed by atoms with Crippen molar-refractivity contribution in [3.05, 3.63) is 0 Å². The van der Waals surface area contributed by atoms with Gasteiger partial charge in [0.25, 0.3) is 0 Å². The first-order chi connectivity index (χ1) is 9.17. The summed E-state index contributed by atoms with van der Waals surface area (Å²) in [6, 6.07) is 0.186. The zero-order valence-electron chi connectivity index (χ0n) is 11.3. The number of likely N-dealkylation sites (N-methyl/N-ethyl adjacent to an activating group) is 1. The molecule has 2 amide bonds. The van der Waals surface area contributed by atoms with E-state index in [1.54, 1.807) is 7.05 Å². The molecule has 6 nitrogen and oxygen atoms in total. The van der Waals surface area contributed by atoms with Gasteiger partial charge in [-0.05, 0) is 25.7 Å². The van der Waals surface area contributed by atoms with Crippen molar-refractivity contribution in [3.63, 3.8) is 0 Å². The number of ether oxygens (including phenoxy) is 1. The van der Waals surface area contributed by atoms with Gasteiger partial charge in [-0.1, -0.05) is 0 Å². The van der Waals surface area contributed by atoms with Crippen molar-refractivity contribution >= 4 is 11.8 Å². The Balaban J connectivity index is 1.74. The van der Waals surface area contributed by atoms with Gasteiger partial charge in [-0.25, -0.2) is 0 Å². The van der Waals surface area contributed by atoms with Crippen molar-refractivity contribution in [3.8, 4) is 0 Å². The maximum atomic E-state index is 12.3. The predicted molar refractivity (Wildman–Crippen MR) is 68.5 cm³/mol. The van der Waals surface area contributed by atoms with E-state index in [1.807, 2.05) is 4.90 Å². The third-order valence-corrected chi connectivity index (χ3v) is 4.36. The van der Waals surface area contributed by atoms with Gasteiger partial charge in [-0.2, -0.15) is 0 Å². The fourth-order valence-electron chi connectivity index (χ4n) is 3.03. The van der Waals surface area contributed by atoms with E-state index in [4.69, 9.17) is 4.74 Å². The van der Waals surface area contributed by atoms with Gasteiger partial charge in [0.05, 0.1) is 19.3 Å². The summed E-state index contributed by atoms with van der Waals surface area (Å²) in [5.41, 5.74) is -0.628. The van der Waals surface area contributed by atoms with Gasteiger partial charge in [-0.3, -0.25) is 14.5 Å². The average Bonchev–Trinajstić information content (AvgIpc) is 3.02. The highest BCUT2D eigenvalue weighted by Crippen LogP contribution is 2.33. The molecule has 6 heteroatoms. The molecule has 3 fully saturated rings. The van der Waals surface area contributed by atoms with Gasteiger partial charge in [0.1, 0.15) is 5.54 Å². The molecule has 1 saturated carbocycles. The van der Waals surface area contributed by atoms with Crippen LogP contribution in [0.5, 0.6) is 0 Å². The zero-order valence-corrected chi connectivity index (χ0v) is 11.3. The fraction of sp³-hybridized carbons (Fsp3) is 0.846. The number of nitrogens with one attached hydrogen (secondary N) is 2. The van der Waals surface area contributed by atoms with Gasteiger partial charge in [0.15, 0.2) is 0 Å². The number of hydrogen-bond donors (Lipinski definition) is 2. The Kier molecular flexibility index (Phi) is 3.22. The van der Waals surface area contributed by atoms with Crippen LogP contribution in [0.25, 0.3) is 0 Å². The molecule has 1 aliphatic carbocycles. The zero-order chi connectivity index (χ0) is 13.5. The molecule has 3 aliphatic rings. The molecule has 2 heterocycles. The lowest BCUT2D eigenvalue weighted by molar-refractivity contribution is -0.174. The predicted octanol–water partition coefficient (Wildman–Crippen LogP) is -0.756. The van der Waals surface area contributed by atoms with Gasteiger partial charge in [0, 0.05) is 19.6 Å². The summed E-state index contributed by atoms with van der Waals surface area (Å²) < 4.78 is 5.26. The molecular weight excluding hydrogens is 246 g/mol. The van der Waals surface area contributed by atoms with Crippen LogP contribution < -0.4 is 10.6 Å². The highest BCUT2D eigenvalue weighted by molar-refractivity contribution is 5.89. The largest absolute Gasteiger partial charge is 0.376 e. The van der Waals surface area contributed by atoms with E-state index in [9.17, 15) is 9.59 Å². The minimum absolute atomic E-state index is 0.0372. The van der Waals surface area contributed by atoms with Crippen LogP contribution in [0.3, 0.4) is 0 Å². The van der Waals surface area contributed by atoms with Crippen LogP contribution in [0.4, 0.5) is 0 Å². The van der Waals surface area contributed by atoms with Gasteiger partial charge in [0.2, 0.25) is 11.8 Å². The highest BCUT2D eigenvalue weighted by atomic mass is 16.5. The number of likely N-dealkylation sites (tertiary alicyclic amines) is 1. The lowest BCUT2D eigenvalue weighted by atomic mass is 9.92. The second-order valence-corrected chi connectivity index (χ2v) is 5.74. The molecule has 0 spiro atoms. The first-order valence-electron chi connectivity index (χ1n) is 7.04. The molecule has 2 aliphatic heterocycles. The Hall–Kier alpha value is -1.14. The number of rotatable bonds is 4. The highest BCUT2D eigenvalue weighted by Gasteiger charge is 2.55. The van der Waals surface area contributed by atoms with E-state index < -0.39 is 5.54 Å². The normalized spacial score (nSPS) is 29.6. The molecule has 3 rings (SSSR count). The van der Waals surface area contributed by atoms with E-state index in [1.165, 1.54) is 0 Å². The lowest BCUT2D eigenvalue weighted by Gasteiger charge is -2.48. The second-order valence-electron chi connectivity index (χ2n) is 5.74.